The highest BCUT2D eigenvalue weighted by Gasteiger charge is 2.51. The molecule has 2 N–H and O–H groups in total. The number of rotatable bonds is 4. The predicted octanol–water partition coefficient (Wildman–Crippen LogP) is 1.33. The third kappa shape index (κ3) is 2.29. The molecule has 1 aromatic rings. The topological polar surface area (TPSA) is 67.4 Å². The standard InChI is InChI=1S/C17H20N2O3/c1-22-16(21)10-2-4-12(5-3-10)17(6-7-17)19-15(20)14-9-11-8-13(11)18-14/h2-5,11,13-14,18H,6-9H2,1H3,(H,19,20)/t11-,13+,14-/m1/s1. The molecular weight excluding hydrogens is 280 g/mol. The maximum atomic E-state index is 12.4. The lowest BCUT2D eigenvalue weighted by Crippen LogP contribution is -2.46. The first kappa shape index (κ1) is 13.8. The fourth-order valence-electron chi connectivity index (χ4n) is 3.50. The Morgan fingerprint density at radius 1 is 1.23 bits per heavy atom. The van der Waals surface area contributed by atoms with Gasteiger partial charge in [0.25, 0.3) is 0 Å². The van der Waals surface area contributed by atoms with Crippen LogP contribution in [0, 0.1) is 5.92 Å². The summed E-state index contributed by atoms with van der Waals surface area (Å²) < 4.78 is 4.71. The zero-order valence-corrected chi connectivity index (χ0v) is 12.6. The number of nitrogens with one attached hydrogen (secondary N) is 2. The SMILES string of the molecule is COC(=O)c1ccc(C2(NC(=O)[C@H]3C[C@H]4C[C@@H]4N3)CC2)cc1. The highest BCUT2D eigenvalue weighted by molar-refractivity contribution is 5.89. The second-order valence-corrected chi connectivity index (χ2v) is 6.70. The second kappa shape index (κ2) is 4.81. The Labute approximate surface area is 129 Å². The van der Waals surface area contributed by atoms with Gasteiger partial charge in [0.2, 0.25) is 5.91 Å². The number of amides is 1. The van der Waals surface area contributed by atoms with Crippen LogP contribution in [0.1, 0.15) is 41.6 Å². The van der Waals surface area contributed by atoms with E-state index in [-0.39, 0.29) is 23.5 Å². The van der Waals surface area contributed by atoms with Crippen LogP contribution in [0.2, 0.25) is 0 Å². The third-order valence-electron chi connectivity index (χ3n) is 5.16. The minimum Gasteiger partial charge on any atom is -0.465 e. The average molecular weight is 300 g/mol. The molecule has 3 fully saturated rings. The van der Waals surface area contributed by atoms with Gasteiger partial charge in [-0.15, -0.1) is 0 Å². The molecule has 116 valence electrons. The summed E-state index contributed by atoms with van der Waals surface area (Å²) in [6.45, 7) is 0. The molecule has 2 saturated carbocycles. The summed E-state index contributed by atoms with van der Waals surface area (Å²) in [5.41, 5.74) is 1.36. The fraction of sp³-hybridized carbons (Fsp3) is 0.529. The Hall–Kier alpha value is -1.88. The normalized spacial score (nSPS) is 30.3. The summed E-state index contributed by atoms with van der Waals surface area (Å²) in [6.07, 6.45) is 4.10. The monoisotopic (exact) mass is 300 g/mol. The van der Waals surface area contributed by atoms with E-state index < -0.39 is 0 Å². The third-order valence-corrected chi connectivity index (χ3v) is 5.16. The van der Waals surface area contributed by atoms with Crippen LogP contribution >= 0.6 is 0 Å². The number of benzene rings is 1. The van der Waals surface area contributed by atoms with Crippen molar-refractivity contribution in [3.63, 3.8) is 0 Å². The van der Waals surface area contributed by atoms with Gasteiger partial charge in [0.15, 0.2) is 0 Å². The van der Waals surface area contributed by atoms with Gasteiger partial charge in [0.05, 0.1) is 24.3 Å². The number of esters is 1. The summed E-state index contributed by atoms with van der Waals surface area (Å²) in [6, 6.07) is 7.89. The van der Waals surface area contributed by atoms with E-state index in [1.807, 2.05) is 12.1 Å². The molecule has 0 bridgehead atoms. The van der Waals surface area contributed by atoms with Crippen LogP contribution in [0.5, 0.6) is 0 Å². The van der Waals surface area contributed by atoms with E-state index in [2.05, 4.69) is 10.6 Å². The number of ether oxygens (including phenoxy) is 1. The number of piperidine rings is 1. The first-order valence-electron chi connectivity index (χ1n) is 7.88. The molecule has 2 aliphatic carbocycles. The van der Waals surface area contributed by atoms with Gasteiger partial charge in [-0.2, -0.15) is 0 Å². The van der Waals surface area contributed by atoms with Gasteiger partial charge in [-0.1, -0.05) is 12.1 Å². The molecule has 5 nitrogen and oxygen atoms in total. The molecule has 22 heavy (non-hydrogen) atoms. The predicted molar refractivity (Wildman–Crippen MR) is 80.3 cm³/mol. The van der Waals surface area contributed by atoms with E-state index in [9.17, 15) is 9.59 Å². The minimum atomic E-state index is -0.338. The Kier molecular flexibility index (Phi) is 3.01. The number of fused-ring (bicyclic) bond motifs is 1. The van der Waals surface area contributed by atoms with Crippen molar-refractivity contribution in [2.45, 2.75) is 43.3 Å². The molecule has 1 aliphatic heterocycles. The lowest BCUT2D eigenvalue weighted by molar-refractivity contribution is -0.124. The minimum absolute atomic E-state index is 0.0319. The maximum absolute atomic E-state index is 12.4. The van der Waals surface area contributed by atoms with Crippen LogP contribution in [-0.2, 0) is 15.1 Å². The second-order valence-electron chi connectivity index (χ2n) is 6.70. The maximum Gasteiger partial charge on any atom is 0.337 e. The van der Waals surface area contributed by atoms with Gasteiger partial charge in [0.1, 0.15) is 0 Å². The van der Waals surface area contributed by atoms with Crippen LogP contribution < -0.4 is 10.6 Å². The lowest BCUT2D eigenvalue weighted by Gasteiger charge is -2.21. The van der Waals surface area contributed by atoms with Gasteiger partial charge in [-0.3, -0.25) is 4.79 Å². The summed E-state index contributed by atoms with van der Waals surface area (Å²) >= 11 is 0. The Morgan fingerprint density at radius 2 is 1.95 bits per heavy atom. The number of hydrogen-bond donors (Lipinski definition) is 2. The summed E-state index contributed by atoms with van der Waals surface area (Å²) in [5.74, 6) is 0.488. The molecule has 3 atom stereocenters. The van der Waals surface area contributed by atoms with Gasteiger partial charge in [0, 0.05) is 6.04 Å². The van der Waals surface area contributed by atoms with Crippen molar-refractivity contribution >= 4 is 11.9 Å². The number of carbonyl (C=O) groups is 2. The zero-order chi connectivity index (χ0) is 15.3. The van der Waals surface area contributed by atoms with Crippen molar-refractivity contribution in [3.05, 3.63) is 35.4 Å². The number of hydrogen-bond acceptors (Lipinski definition) is 4. The molecule has 0 aromatic heterocycles. The van der Waals surface area contributed by atoms with Crippen molar-refractivity contribution in [2.24, 2.45) is 5.92 Å². The van der Waals surface area contributed by atoms with E-state index in [1.54, 1.807) is 12.1 Å². The van der Waals surface area contributed by atoms with Crippen molar-refractivity contribution in [2.75, 3.05) is 7.11 Å². The van der Waals surface area contributed by atoms with E-state index in [1.165, 1.54) is 13.5 Å². The van der Waals surface area contributed by atoms with Crippen LogP contribution in [-0.4, -0.2) is 31.1 Å². The smallest absolute Gasteiger partial charge is 0.337 e. The number of methoxy groups -OCH3 is 1. The van der Waals surface area contributed by atoms with Crippen molar-refractivity contribution in [1.29, 1.82) is 0 Å². The Bertz CT molecular complexity index is 611. The quantitative estimate of drug-likeness (QED) is 0.823. The van der Waals surface area contributed by atoms with Crippen molar-refractivity contribution in [3.8, 4) is 0 Å². The summed E-state index contributed by atoms with van der Waals surface area (Å²) in [4.78, 5) is 23.9. The molecule has 1 aromatic carbocycles. The van der Waals surface area contributed by atoms with Crippen molar-refractivity contribution < 1.29 is 14.3 Å². The summed E-state index contributed by atoms with van der Waals surface area (Å²) in [5, 5.41) is 6.60. The van der Waals surface area contributed by atoms with E-state index in [4.69, 9.17) is 4.74 Å². The lowest BCUT2D eigenvalue weighted by atomic mass is 10.0. The van der Waals surface area contributed by atoms with E-state index >= 15 is 0 Å². The molecule has 0 radical (unpaired) electrons. The Morgan fingerprint density at radius 3 is 2.50 bits per heavy atom. The molecule has 1 heterocycles. The highest BCUT2D eigenvalue weighted by Crippen LogP contribution is 2.46. The van der Waals surface area contributed by atoms with Gasteiger partial charge >= 0.3 is 5.97 Å². The molecular formula is C17H20N2O3. The Balaban J connectivity index is 1.44. The van der Waals surface area contributed by atoms with Crippen LogP contribution in [0.3, 0.4) is 0 Å². The largest absolute Gasteiger partial charge is 0.465 e. The molecule has 1 saturated heterocycles. The molecule has 4 rings (SSSR count). The molecule has 1 amide bonds. The number of carbonyl (C=O) groups excluding carboxylic acids is 2. The molecule has 5 heteroatoms. The molecule has 0 unspecified atom stereocenters. The molecule has 3 aliphatic rings. The van der Waals surface area contributed by atoms with Crippen molar-refractivity contribution in [1.82, 2.24) is 10.6 Å². The average Bonchev–Trinajstić information content (AvgIpc) is 3.46. The van der Waals surface area contributed by atoms with Gasteiger partial charge in [-0.05, 0) is 49.3 Å². The molecule has 0 spiro atoms. The van der Waals surface area contributed by atoms with Crippen LogP contribution in [0.25, 0.3) is 0 Å². The first-order chi connectivity index (χ1) is 10.6. The van der Waals surface area contributed by atoms with Crippen LogP contribution in [0.15, 0.2) is 24.3 Å². The summed E-state index contributed by atoms with van der Waals surface area (Å²) in [7, 11) is 1.37. The van der Waals surface area contributed by atoms with Gasteiger partial charge in [-0.25, -0.2) is 4.79 Å². The van der Waals surface area contributed by atoms with E-state index in [0.717, 1.165) is 24.8 Å². The van der Waals surface area contributed by atoms with Gasteiger partial charge < -0.3 is 15.4 Å². The first-order valence-corrected chi connectivity index (χ1v) is 7.88. The fourth-order valence-corrected chi connectivity index (χ4v) is 3.50. The highest BCUT2D eigenvalue weighted by atomic mass is 16.5. The zero-order valence-electron chi connectivity index (χ0n) is 12.6. The van der Waals surface area contributed by atoms with E-state index in [0.29, 0.717) is 17.5 Å². The van der Waals surface area contributed by atoms with Crippen LogP contribution in [0.4, 0.5) is 0 Å².